The standard InChI is InChI=1S/C14H18N4OS/c1-10-15-11(8-20-10)12-16-13(19-17-12)14-4-2-6-18(9-14)7-3-5-14/h8H,2-7,9H2,1H3. The number of thiazole rings is 1. The van der Waals surface area contributed by atoms with Gasteiger partial charge in [0.05, 0.1) is 10.4 Å². The molecule has 4 rings (SSSR count). The monoisotopic (exact) mass is 290 g/mol. The summed E-state index contributed by atoms with van der Waals surface area (Å²) in [5.41, 5.74) is 0.926. The SMILES string of the molecule is Cc1nc(-c2noc(C34CCCN(CCC3)C4)n2)cs1. The molecule has 0 unspecified atom stereocenters. The van der Waals surface area contributed by atoms with E-state index in [2.05, 4.69) is 20.0 Å². The number of rotatable bonds is 2. The van der Waals surface area contributed by atoms with Gasteiger partial charge in [-0.05, 0) is 45.7 Å². The van der Waals surface area contributed by atoms with Crippen molar-refractivity contribution in [1.29, 1.82) is 0 Å². The molecule has 0 atom stereocenters. The summed E-state index contributed by atoms with van der Waals surface area (Å²) >= 11 is 1.62. The van der Waals surface area contributed by atoms with Gasteiger partial charge in [-0.15, -0.1) is 11.3 Å². The first-order valence-electron chi connectivity index (χ1n) is 7.24. The minimum atomic E-state index is 0.0901. The molecular formula is C14H18N4OS. The van der Waals surface area contributed by atoms with Gasteiger partial charge in [-0.1, -0.05) is 5.16 Å². The average molecular weight is 290 g/mol. The molecule has 0 radical (unpaired) electrons. The van der Waals surface area contributed by atoms with Crippen molar-refractivity contribution in [2.24, 2.45) is 0 Å². The van der Waals surface area contributed by atoms with Crippen LogP contribution in [0.4, 0.5) is 0 Å². The van der Waals surface area contributed by atoms with Crippen LogP contribution in [0.2, 0.25) is 0 Å². The fraction of sp³-hybridized carbons (Fsp3) is 0.643. The Balaban J connectivity index is 1.67. The van der Waals surface area contributed by atoms with Gasteiger partial charge in [0.15, 0.2) is 0 Å². The molecule has 0 saturated carbocycles. The topological polar surface area (TPSA) is 55.1 Å². The Kier molecular flexibility index (Phi) is 2.89. The second-order valence-corrected chi connectivity index (χ2v) is 7.00. The number of aromatic nitrogens is 3. The van der Waals surface area contributed by atoms with Crippen molar-refractivity contribution in [3.63, 3.8) is 0 Å². The Morgan fingerprint density at radius 2 is 2.05 bits per heavy atom. The zero-order chi connectivity index (χ0) is 13.6. The van der Waals surface area contributed by atoms with Gasteiger partial charge in [-0.3, -0.25) is 0 Å². The van der Waals surface area contributed by atoms with E-state index < -0.39 is 0 Å². The number of hydrogen-bond donors (Lipinski definition) is 0. The quantitative estimate of drug-likeness (QED) is 0.851. The molecule has 4 heterocycles. The van der Waals surface area contributed by atoms with Crippen molar-refractivity contribution in [2.45, 2.75) is 38.0 Å². The van der Waals surface area contributed by atoms with Crippen LogP contribution < -0.4 is 0 Å². The van der Waals surface area contributed by atoms with Crippen molar-refractivity contribution in [3.05, 3.63) is 16.3 Å². The molecular weight excluding hydrogens is 272 g/mol. The summed E-state index contributed by atoms with van der Waals surface area (Å²) in [5, 5.41) is 7.19. The maximum absolute atomic E-state index is 5.62. The molecule has 2 saturated heterocycles. The molecule has 0 amide bonds. The summed E-state index contributed by atoms with van der Waals surface area (Å²) in [6.45, 7) is 5.50. The van der Waals surface area contributed by atoms with Crippen LogP contribution >= 0.6 is 11.3 Å². The number of piperidine rings is 2. The molecule has 2 aromatic rings. The molecule has 0 spiro atoms. The van der Waals surface area contributed by atoms with Gasteiger partial charge >= 0.3 is 0 Å². The van der Waals surface area contributed by atoms with E-state index in [-0.39, 0.29) is 5.41 Å². The first kappa shape index (κ1) is 12.5. The number of nitrogens with zero attached hydrogens (tertiary/aromatic N) is 4. The lowest BCUT2D eigenvalue weighted by Gasteiger charge is -2.44. The smallest absolute Gasteiger partial charge is 0.234 e. The molecule has 2 aromatic heterocycles. The van der Waals surface area contributed by atoms with Crippen molar-refractivity contribution in [2.75, 3.05) is 19.6 Å². The summed E-state index contributed by atoms with van der Waals surface area (Å²) in [4.78, 5) is 11.6. The highest BCUT2D eigenvalue weighted by atomic mass is 32.1. The van der Waals surface area contributed by atoms with Crippen molar-refractivity contribution < 1.29 is 4.52 Å². The van der Waals surface area contributed by atoms with E-state index in [9.17, 15) is 0 Å². The molecule has 6 heteroatoms. The predicted molar refractivity (Wildman–Crippen MR) is 76.7 cm³/mol. The fourth-order valence-electron chi connectivity index (χ4n) is 3.55. The van der Waals surface area contributed by atoms with Gasteiger partial charge in [0.25, 0.3) is 0 Å². The third-order valence-electron chi connectivity index (χ3n) is 4.51. The Labute approximate surface area is 122 Å². The lowest BCUT2D eigenvalue weighted by molar-refractivity contribution is 0.0711. The van der Waals surface area contributed by atoms with Crippen molar-refractivity contribution >= 4 is 11.3 Å². The first-order chi connectivity index (χ1) is 9.75. The van der Waals surface area contributed by atoms with Crippen LogP contribution in [0.15, 0.2) is 9.90 Å². The summed E-state index contributed by atoms with van der Waals surface area (Å²) in [5.74, 6) is 1.46. The second kappa shape index (κ2) is 4.63. The highest BCUT2D eigenvalue weighted by molar-refractivity contribution is 7.09. The van der Waals surface area contributed by atoms with E-state index >= 15 is 0 Å². The van der Waals surface area contributed by atoms with E-state index in [0.717, 1.165) is 23.1 Å². The molecule has 20 heavy (non-hydrogen) atoms. The van der Waals surface area contributed by atoms with Crippen LogP contribution in [0, 0.1) is 6.92 Å². The molecule has 0 N–H and O–H groups in total. The molecule has 0 aromatic carbocycles. The summed E-state index contributed by atoms with van der Waals surface area (Å²) in [6.07, 6.45) is 4.80. The third-order valence-corrected chi connectivity index (χ3v) is 5.29. The Morgan fingerprint density at radius 3 is 2.75 bits per heavy atom. The van der Waals surface area contributed by atoms with Gasteiger partial charge < -0.3 is 9.42 Å². The normalized spacial score (nSPS) is 29.6. The van der Waals surface area contributed by atoms with Gasteiger partial charge in [-0.2, -0.15) is 4.98 Å². The summed E-state index contributed by atoms with van der Waals surface area (Å²) < 4.78 is 5.62. The molecule has 2 aliphatic heterocycles. The van der Waals surface area contributed by atoms with Gasteiger partial charge in [-0.25, -0.2) is 4.98 Å². The zero-order valence-electron chi connectivity index (χ0n) is 11.6. The molecule has 2 bridgehead atoms. The Hall–Kier alpha value is -1.27. The van der Waals surface area contributed by atoms with Crippen LogP contribution in [-0.4, -0.2) is 39.7 Å². The second-order valence-electron chi connectivity index (χ2n) is 5.94. The molecule has 0 aliphatic carbocycles. The Bertz CT molecular complexity index is 610. The zero-order valence-corrected chi connectivity index (χ0v) is 12.4. The number of hydrogen-bond acceptors (Lipinski definition) is 6. The van der Waals surface area contributed by atoms with Crippen LogP contribution in [0.5, 0.6) is 0 Å². The molecule has 2 fully saturated rings. The van der Waals surface area contributed by atoms with Crippen LogP contribution in [0.25, 0.3) is 11.5 Å². The lowest BCUT2D eigenvalue weighted by atomic mass is 9.73. The minimum Gasteiger partial charge on any atom is -0.338 e. The van der Waals surface area contributed by atoms with Gasteiger partial charge in [0.2, 0.25) is 11.7 Å². The highest BCUT2D eigenvalue weighted by Crippen LogP contribution is 2.40. The van der Waals surface area contributed by atoms with Crippen LogP contribution in [0.3, 0.4) is 0 Å². The third kappa shape index (κ3) is 1.98. The largest absolute Gasteiger partial charge is 0.338 e. The van der Waals surface area contributed by atoms with E-state index in [4.69, 9.17) is 4.52 Å². The van der Waals surface area contributed by atoms with E-state index in [0.29, 0.717) is 5.82 Å². The van der Waals surface area contributed by atoms with Crippen molar-refractivity contribution in [3.8, 4) is 11.5 Å². The Morgan fingerprint density at radius 1 is 1.25 bits per heavy atom. The van der Waals surface area contributed by atoms with Gasteiger partial charge in [0.1, 0.15) is 5.69 Å². The molecule has 106 valence electrons. The average Bonchev–Trinajstić information content (AvgIpc) is 3.07. The predicted octanol–water partition coefficient (Wildman–Crippen LogP) is 2.63. The summed E-state index contributed by atoms with van der Waals surface area (Å²) in [6, 6.07) is 0. The van der Waals surface area contributed by atoms with E-state index in [1.54, 1.807) is 11.3 Å². The van der Waals surface area contributed by atoms with Crippen LogP contribution in [-0.2, 0) is 5.41 Å². The number of aryl methyl sites for hydroxylation is 1. The van der Waals surface area contributed by atoms with E-state index in [1.807, 2.05) is 12.3 Å². The maximum atomic E-state index is 5.62. The summed E-state index contributed by atoms with van der Waals surface area (Å²) in [7, 11) is 0. The lowest BCUT2D eigenvalue weighted by Crippen LogP contribution is -2.50. The highest BCUT2D eigenvalue weighted by Gasteiger charge is 2.44. The minimum absolute atomic E-state index is 0.0901. The first-order valence-corrected chi connectivity index (χ1v) is 8.12. The molecule has 5 nitrogen and oxygen atoms in total. The van der Waals surface area contributed by atoms with Crippen molar-refractivity contribution in [1.82, 2.24) is 20.0 Å². The number of fused-ring (bicyclic) bond motifs is 2. The fourth-order valence-corrected chi connectivity index (χ4v) is 4.15. The van der Waals surface area contributed by atoms with E-state index in [1.165, 1.54) is 38.8 Å². The van der Waals surface area contributed by atoms with Gasteiger partial charge in [0, 0.05) is 11.9 Å². The molecule has 2 aliphatic rings. The maximum Gasteiger partial charge on any atom is 0.234 e. The van der Waals surface area contributed by atoms with Crippen LogP contribution in [0.1, 0.15) is 36.6 Å².